The summed E-state index contributed by atoms with van der Waals surface area (Å²) in [6.07, 6.45) is 9.10. The van der Waals surface area contributed by atoms with E-state index in [1.165, 1.54) is 134 Å². The van der Waals surface area contributed by atoms with E-state index in [2.05, 4.69) is 294 Å². The van der Waals surface area contributed by atoms with Crippen LogP contribution in [0.4, 0.5) is 22.7 Å². The molecular formula is C73H58N2. The van der Waals surface area contributed by atoms with Gasteiger partial charge in [0, 0.05) is 47.7 Å². The van der Waals surface area contributed by atoms with Gasteiger partial charge in [0.25, 0.3) is 0 Å². The lowest BCUT2D eigenvalue weighted by Gasteiger charge is -2.40. The highest BCUT2D eigenvalue weighted by molar-refractivity contribution is 5.96. The molecule has 10 aromatic carbocycles. The monoisotopic (exact) mass is 962 g/mol. The molecule has 0 amide bonds. The largest absolute Gasteiger partial charge is 0.344 e. The summed E-state index contributed by atoms with van der Waals surface area (Å²) in [4.78, 5) is 4.70. The Morgan fingerprint density at radius 3 is 1.01 bits per heavy atom. The van der Waals surface area contributed by atoms with Crippen LogP contribution in [0.2, 0.25) is 0 Å². The molecule has 2 nitrogen and oxygen atoms in total. The Bertz CT molecular complexity index is 3770. The van der Waals surface area contributed by atoms with Gasteiger partial charge >= 0.3 is 0 Å². The first-order chi connectivity index (χ1) is 36.5. The van der Waals surface area contributed by atoms with Gasteiger partial charge < -0.3 is 9.80 Å². The predicted octanol–water partition coefficient (Wildman–Crippen LogP) is 18.5. The van der Waals surface area contributed by atoms with Gasteiger partial charge in [-0.15, -0.1) is 0 Å². The van der Waals surface area contributed by atoms with Crippen molar-refractivity contribution in [1.82, 2.24) is 0 Å². The number of rotatable bonds is 6. The number of anilines is 4. The van der Waals surface area contributed by atoms with Crippen molar-refractivity contribution in [3.8, 4) is 44.5 Å². The highest BCUT2D eigenvalue weighted by atomic mass is 15.1. The maximum absolute atomic E-state index is 2.46. The van der Waals surface area contributed by atoms with Crippen molar-refractivity contribution in [1.29, 1.82) is 0 Å². The van der Waals surface area contributed by atoms with E-state index in [4.69, 9.17) is 0 Å². The average molecular weight is 963 g/mol. The van der Waals surface area contributed by atoms with Crippen LogP contribution in [0.25, 0.3) is 68.8 Å². The summed E-state index contributed by atoms with van der Waals surface area (Å²) in [5, 5.41) is 0. The minimum absolute atomic E-state index is 0.0686. The van der Waals surface area contributed by atoms with E-state index in [9.17, 15) is 0 Å². The fourth-order valence-electron chi connectivity index (χ4n) is 13.5. The van der Waals surface area contributed by atoms with Crippen LogP contribution in [0.5, 0.6) is 0 Å². The van der Waals surface area contributed by atoms with Crippen molar-refractivity contribution < 1.29 is 0 Å². The Balaban J connectivity index is 0.767. The topological polar surface area (TPSA) is 6.48 Å². The van der Waals surface area contributed by atoms with E-state index >= 15 is 0 Å². The lowest BCUT2D eigenvalue weighted by atomic mass is 9.70. The van der Waals surface area contributed by atoms with Gasteiger partial charge in [-0.05, 0) is 148 Å². The molecule has 75 heavy (non-hydrogen) atoms. The zero-order valence-corrected chi connectivity index (χ0v) is 43.5. The van der Waals surface area contributed by atoms with Gasteiger partial charge in [-0.3, -0.25) is 0 Å². The standard InChI is InChI=1S/C73H58N2/c1-71(2)61-19-11-13-21-67(61)74(5)69-45-53(37-41-63(69)71)51-33-27-47(28-34-51)23-25-49-31-39-57-58-40-32-50(44-66(58)73(65(57)43-49)59-17-9-7-15-55(59)56-16-8-10-18-60(56)73)26-24-48-29-35-52(36-30-48)54-38-42-64-70(46-54)75(6)68-22-14-12-20-62(68)72(64,3)4/h7-46H,1-6H3/b25-23+,26-24+. The zero-order valence-electron chi connectivity index (χ0n) is 43.5. The minimum Gasteiger partial charge on any atom is -0.344 e. The molecule has 0 bridgehead atoms. The highest BCUT2D eigenvalue weighted by Crippen LogP contribution is 2.63. The van der Waals surface area contributed by atoms with E-state index in [1.54, 1.807) is 0 Å². The van der Waals surface area contributed by atoms with Crippen LogP contribution < -0.4 is 9.80 Å². The second-order valence-electron chi connectivity index (χ2n) is 22.2. The van der Waals surface area contributed by atoms with Gasteiger partial charge in [-0.25, -0.2) is 0 Å². The maximum atomic E-state index is 2.46. The minimum atomic E-state index is -0.449. The molecule has 2 aliphatic carbocycles. The first-order valence-electron chi connectivity index (χ1n) is 26.5. The summed E-state index contributed by atoms with van der Waals surface area (Å²) >= 11 is 0. The van der Waals surface area contributed by atoms with E-state index in [0.717, 1.165) is 0 Å². The predicted molar refractivity (Wildman–Crippen MR) is 318 cm³/mol. The summed E-state index contributed by atoms with van der Waals surface area (Å²) in [5.41, 5.74) is 30.2. The third-order valence-corrected chi connectivity index (χ3v) is 17.5. The molecule has 2 heterocycles. The Labute approximate surface area is 442 Å². The summed E-state index contributed by atoms with van der Waals surface area (Å²) < 4.78 is 0. The third-order valence-electron chi connectivity index (χ3n) is 17.5. The molecule has 360 valence electrons. The summed E-state index contributed by atoms with van der Waals surface area (Å²) in [7, 11) is 4.39. The summed E-state index contributed by atoms with van der Waals surface area (Å²) in [6, 6.07) is 82.0. The first kappa shape index (κ1) is 44.9. The molecular weight excluding hydrogens is 905 g/mol. The van der Waals surface area contributed by atoms with Crippen molar-refractivity contribution in [3.05, 3.63) is 285 Å². The molecule has 2 aliphatic heterocycles. The van der Waals surface area contributed by atoms with Gasteiger partial charge in [0.05, 0.1) is 5.41 Å². The third kappa shape index (κ3) is 6.72. The van der Waals surface area contributed by atoms with Crippen molar-refractivity contribution in [2.45, 2.75) is 43.9 Å². The van der Waals surface area contributed by atoms with Gasteiger partial charge in [0.1, 0.15) is 0 Å². The summed E-state index contributed by atoms with van der Waals surface area (Å²) in [6.45, 7) is 9.37. The maximum Gasteiger partial charge on any atom is 0.0725 e. The lowest BCUT2D eigenvalue weighted by molar-refractivity contribution is 0.629. The lowest BCUT2D eigenvalue weighted by Crippen LogP contribution is -2.30. The Morgan fingerprint density at radius 2 is 0.587 bits per heavy atom. The molecule has 14 rings (SSSR count). The normalized spacial score (nSPS) is 15.5. The fourth-order valence-corrected chi connectivity index (χ4v) is 13.5. The Hall–Kier alpha value is -8.72. The summed E-state index contributed by atoms with van der Waals surface area (Å²) in [5.74, 6) is 0. The average Bonchev–Trinajstić information content (AvgIpc) is 4.04. The smallest absolute Gasteiger partial charge is 0.0725 e. The van der Waals surface area contributed by atoms with E-state index in [1.807, 2.05) is 0 Å². The molecule has 0 radical (unpaired) electrons. The van der Waals surface area contributed by atoms with Gasteiger partial charge in [0.15, 0.2) is 0 Å². The second-order valence-corrected chi connectivity index (χ2v) is 22.2. The zero-order chi connectivity index (χ0) is 50.8. The van der Waals surface area contributed by atoms with Crippen molar-refractivity contribution in [3.63, 3.8) is 0 Å². The van der Waals surface area contributed by atoms with E-state index < -0.39 is 5.41 Å². The van der Waals surface area contributed by atoms with Crippen LogP contribution >= 0.6 is 0 Å². The number of benzene rings is 10. The molecule has 0 saturated heterocycles. The van der Waals surface area contributed by atoms with Crippen LogP contribution in [-0.2, 0) is 16.2 Å². The Kier molecular flexibility index (Phi) is 9.98. The van der Waals surface area contributed by atoms with Gasteiger partial charge in [0.2, 0.25) is 0 Å². The molecule has 0 aromatic heterocycles. The van der Waals surface area contributed by atoms with E-state index in [0.29, 0.717) is 0 Å². The molecule has 10 aromatic rings. The van der Waals surface area contributed by atoms with Gasteiger partial charge in [-0.2, -0.15) is 0 Å². The number of fused-ring (bicyclic) bond motifs is 14. The van der Waals surface area contributed by atoms with Crippen LogP contribution in [0, 0.1) is 0 Å². The molecule has 1 spiro atoms. The fraction of sp³-hybridized carbons (Fsp3) is 0.123. The number of hydrogen-bond donors (Lipinski definition) is 0. The number of hydrogen-bond acceptors (Lipinski definition) is 2. The molecule has 4 aliphatic rings. The molecule has 0 unspecified atom stereocenters. The van der Waals surface area contributed by atoms with Gasteiger partial charge in [-0.1, -0.05) is 234 Å². The number of nitrogens with zero attached hydrogens (tertiary/aromatic N) is 2. The number of para-hydroxylation sites is 2. The molecule has 0 atom stereocenters. The molecule has 0 saturated carbocycles. The van der Waals surface area contributed by atoms with Crippen LogP contribution in [0.3, 0.4) is 0 Å². The van der Waals surface area contributed by atoms with Crippen LogP contribution in [0.15, 0.2) is 218 Å². The van der Waals surface area contributed by atoms with Crippen molar-refractivity contribution >= 4 is 47.1 Å². The van der Waals surface area contributed by atoms with Crippen molar-refractivity contribution in [2.75, 3.05) is 23.9 Å². The van der Waals surface area contributed by atoms with Crippen LogP contribution in [0.1, 0.15) is 94.5 Å². The molecule has 2 heteroatoms. The van der Waals surface area contributed by atoms with Crippen LogP contribution in [-0.4, -0.2) is 14.1 Å². The molecule has 0 fully saturated rings. The van der Waals surface area contributed by atoms with E-state index in [-0.39, 0.29) is 10.8 Å². The highest BCUT2D eigenvalue weighted by Gasteiger charge is 2.51. The molecule has 0 N–H and O–H groups in total. The second kappa shape index (κ2) is 16.6. The quantitative estimate of drug-likeness (QED) is 0.153. The first-order valence-corrected chi connectivity index (χ1v) is 26.5. The SMILES string of the molecule is CN1c2ccccc2C(C)(C)c2ccc(-c3ccc(/C=C/c4ccc5c(c4)C4(c6ccccc6-c6ccccc64)c4cc(/C=C/c6ccc(-c7ccc8c(c7)N(C)c7ccccc7C8(C)C)cc6)ccc4-5)cc3)cc21. The Morgan fingerprint density at radius 1 is 0.267 bits per heavy atom. The van der Waals surface area contributed by atoms with Crippen molar-refractivity contribution in [2.24, 2.45) is 0 Å².